The summed E-state index contributed by atoms with van der Waals surface area (Å²) in [5, 5.41) is 4.49. The van der Waals surface area contributed by atoms with Crippen LogP contribution in [0, 0.1) is 0 Å². The van der Waals surface area contributed by atoms with E-state index in [1.165, 1.54) is 23.9 Å². The zero-order valence-corrected chi connectivity index (χ0v) is 20.1. The van der Waals surface area contributed by atoms with Crippen LogP contribution in [0.25, 0.3) is 5.82 Å². The zero-order chi connectivity index (χ0) is 25.6. The van der Waals surface area contributed by atoms with E-state index in [1.807, 2.05) is 13.8 Å². The number of hydrogen-bond acceptors (Lipinski definition) is 6. The number of halogens is 3. The molecule has 0 saturated carbocycles. The van der Waals surface area contributed by atoms with Crippen molar-refractivity contribution in [1.82, 2.24) is 14.8 Å². The molecule has 0 aliphatic heterocycles. The maximum absolute atomic E-state index is 13.1. The van der Waals surface area contributed by atoms with Gasteiger partial charge in [0.05, 0.1) is 19.4 Å². The van der Waals surface area contributed by atoms with Gasteiger partial charge in [-0.1, -0.05) is 32.9 Å². The molecule has 2 aromatic heterocycles. The number of para-hydroxylation sites is 1. The van der Waals surface area contributed by atoms with Crippen molar-refractivity contribution in [3.05, 3.63) is 59.5 Å². The third-order valence-electron chi connectivity index (χ3n) is 5.14. The van der Waals surface area contributed by atoms with Crippen LogP contribution in [0.1, 0.15) is 56.5 Å². The molecule has 0 amide bonds. The summed E-state index contributed by atoms with van der Waals surface area (Å²) in [7, 11) is 1.50. The first-order valence-corrected chi connectivity index (χ1v) is 11.3. The number of nitrogens with zero attached hydrogens (tertiary/aromatic N) is 3. The van der Waals surface area contributed by atoms with Gasteiger partial charge in [-0.25, -0.2) is 9.67 Å². The number of methoxy groups -OCH3 is 1. The Morgan fingerprint density at radius 1 is 1.11 bits per heavy atom. The van der Waals surface area contributed by atoms with Gasteiger partial charge < -0.3 is 14.2 Å². The SMILES string of the molecule is CCC(=O)Oc1cccc(OC)c1OCCCc1cn(-c2cccc(C(F)(F)F)n2)nc1C(C)C. The molecule has 188 valence electrons. The van der Waals surface area contributed by atoms with Gasteiger partial charge in [-0.3, -0.25) is 4.79 Å². The maximum Gasteiger partial charge on any atom is 0.433 e. The molecule has 0 saturated heterocycles. The van der Waals surface area contributed by atoms with Crippen LogP contribution in [0.5, 0.6) is 17.2 Å². The van der Waals surface area contributed by atoms with Gasteiger partial charge in [-0.2, -0.15) is 18.3 Å². The standard InChI is InChI=1S/C25H28F3N3O4/c1-5-22(32)35-19-11-6-10-18(33-4)24(19)34-14-8-9-17-15-31(30-23(17)16(2)3)21-13-7-12-20(29-21)25(26,27)28/h6-7,10-13,15-16H,5,8-9,14H2,1-4H3. The number of aromatic nitrogens is 3. The number of pyridine rings is 1. The molecule has 0 bridgehead atoms. The van der Waals surface area contributed by atoms with E-state index in [0.29, 0.717) is 30.9 Å². The Morgan fingerprint density at radius 3 is 2.49 bits per heavy atom. The van der Waals surface area contributed by atoms with Gasteiger partial charge in [0.2, 0.25) is 5.75 Å². The topological polar surface area (TPSA) is 75.5 Å². The Labute approximate surface area is 201 Å². The van der Waals surface area contributed by atoms with Gasteiger partial charge in [0.1, 0.15) is 5.69 Å². The Bertz CT molecular complexity index is 1160. The predicted octanol–water partition coefficient (Wildman–Crippen LogP) is 5.75. The number of carbonyl (C=O) groups excluding carboxylic acids is 1. The van der Waals surface area contributed by atoms with Gasteiger partial charge in [-0.15, -0.1) is 0 Å². The van der Waals surface area contributed by atoms with Crippen LogP contribution < -0.4 is 14.2 Å². The molecule has 1 aromatic carbocycles. The smallest absolute Gasteiger partial charge is 0.433 e. The van der Waals surface area contributed by atoms with Crippen molar-refractivity contribution in [2.45, 2.75) is 52.1 Å². The maximum atomic E-state index is 13.1. The highest BCUT2D eigenvalue weighted by Gasteiger charge is 2.32. The van der Waals surface area contributed by atoms with Gasteiger partial charge in [0, 0.05) is 12.6 Å². The van der Waals surface area contributed by atoms with Gasteiger partial charge in [0.25, 0.3) is 0 Å². The second kappa shape index (κ2) is 11.2. The van der Waals surface area contributed by atoms with E-state index in [1.54, 1.807) is 31.3 Å². The lowest BCUT2D eigenvalue weighted by atomic mass is 10.0. The molecule has 0 fully saturated rings. The van der Waals surface area contributed by atoms with Crippen molar-refractivity contribution in [3.63, 3.8) is 0 Å². The molecule has 10 heteroatoms. The normalized spacial score (nSPS) is 11.5. The summed E-state index contributed by atoms with van der Waals surface area (Å²) in [6, 6.07) is 8.77. The number of rotatable bonds is 10. The summed E-state index contributed by atoms with van der Waals surface area (Å²) >= 11 is 0. The lowest BCUT2D eigenvalue weighted by Crippen LogP contribution is -2.10. The molecule has 0 aliphatic carbocycles. The Hall–Kier alpha value is -3.56. The fourth-order valence-corrected chi connectivity index (χ4v) is 3.44. The first-order chi connectivity index (χ1) is 16.6. The third-order valence-corrected chi connectivity index (χ3v) is 5.14. The molecule has 0 N–H and O–H groups in total. The second-order valence-electron chi connectivity index (χ2n) is 8.08. The van der Waals surface area contributed by atoms with Crippen LogP contribution in [0.15, 0.2) is 42.6 Å². The second-order valence-corrected chi connectivity index (χ2v) is 8.08. The highest BCUT2D eigenvalue weighted by molar-refractivity contribution is 5.73. The molecular weight excluding hydrogens is 463 g/mol. The summed E-state index contributed by atoms with van der Waals surface area (Å²) in [5.41, 5.74) is 0.697. The van der Waals surface area contributed by atoms with Crippen LogP contribution >= 0.6 is 0 Å². The van der Waals surface area contributed by atoms with Crippen molar-refractivity contribution < 1.29 is 32.2 Å². The van der Waals surface area contributed by atoms with Gasteiger partial charge in [-0.05, 0) is 48.6 Å². The van der Waals surface area contributed by atoms with Crippen molar-refractivity contribution in [2.75, 3.05) is 13.7 Å². The average molecular weight is 492 g/mol. The number of alkyl halides is 3. The van der Waals surface area contributed by atoms with Gasteiger partial charge >= 0.3 is 12.1 Å². The number of ether oxygens (including phenoxy) is 3. The minimum atomic E-state index is -4.53. The first kappa shape index (κ1) is 26.1. The molecule has 3 rings (SSSR count). The Balaban J connectivity index is 1.74. The number of aryl methyl sites for hydroxylation is 1. The van der Waals surface area contributed by atoms with Crippen molar-refractivity contribution in [2.24, 2.45) is 0 Å². The quantitative estimate of drug-likeness (QED) is 0.204. The third kappa shape index (κ3) is 6.52. The highest BCUT2D eigenvalue weighted by atomic mass is 19.4. The van der Waals surface area contributed by atoms with Crippen molar-refractivity contribution in [3.8, 4) is 23.1 Å². The van der Waals surface area contributed by atoms with E-state index < -0.39 is 11.9 Å². The molecule has 7 nitrogen and oxygen atoms in total. The van der Waals surface area contributed by atoms with E-state index in [0.717, 1.165) is 17.3 Å². The summed E-state index contributed by atoms with van der Waals surface area (Å²) in [6.45, 7) is 5.93. The lowest BCUT2D eigenvalue weighted by Gasteiger charge is -2.14. The monoisotopic (exact) mass is 491 g/mol. The molecule has 35 heavy (non-hydrogen) atoms. The molecule has 0 spiro atoms. The van der Waals surface area contributed by atoms with Gasteiger partial charge in [0.15, 0.2) is 17.3 Å². The highest BCUT2D eigenvalue weighted by Crippen LogP contribution is 2.37. The summed E-state index contributed by atoms with van der Waals surface area (Å²) in [6.07, 6.45) is -1.45. The van der Waals surface area contributed by atoms with E-state index in [9.17, 15) is 18.0 Å². The Kier molecular flexibility index (Phi) is 8.37. The van der Waals surface area contributed by atoms with Crippen molar-refractivity contribution >= 4 is 5.97 Å². The van der Waals surface area contributed by atoms with E-state index in [-0.39, 0.29) is 29.9 Å². The average Bonchev–Trinajstić information content (AvgIpc) is 3.26. The van der Waals surface area contributed by atoms with E-state index >= 15 is 0 Å². The predicted molar refractivity (Wildman–Crippen MR) is 123 cm³/mol. The minimum absolute atomic E-state index is 0.0623. The fraction of sp³-hybridized carbons (Fsp3) is 0.400. The first-order valence-electron chi connectivity index (χ1n) is 11.3. The largest absolute Gasteiger partial charge is 0.493 e. The molecule has 0 aliphatic rings. The molecule has 0 radical (unpaired) electrons. The molecule has 2 heterocycles. The van der Waals surface area contributed by atoms with Crippen LogP contribution in [-0.4, -0.2) is 34.5 Å². The number of esters is 1. The molecule has 0 atom stereocenters. The molecule has 3 aromatic rings. The van der Waals surface area contributed by atoms with E-state index in [4.69, 9.17) is 14.2 Å². The minimum Gasteiger partial charge on any atom is -0.493 e. The summed E-state index contributed by atoms with van der Waals surface area (Å²) in [4.78, 5) is 15.5. The number of hydrogen-bond donors (Lipinski definition) is 0. The number of carbonyl (C=O) groups is 1. The summed E-state index contributed by atoms with van der Waals surface area (Å²) < 4.78 is 57.2. The zero-order valence-electron chi connectivity index (χ0n) is 20.1. The summed E-state index contributed by atoms with van der Waals surface area (Å²) in [5.74, 6) is 0.832. The number of benzene rings is 1. The van der Waals surface area contributed by atoms with Crippen LogP contribution in [-0.2, 0) is 17.4 Å². The van der Waals surface area contributed by atoms with Crippen LogP contribution in [0.3, 0.4) is 0 Å². The lowest BCUT2D eigenvalue weighted by molar-refractivity contribution is -0.141. The molecular formula is C25H28F3N3O4. The van der Waals surface area contributed by atoms with Crippen LogP contribution in [0.4, 0.5) is 13.2 Å². The Morgan fingerprint density at radius 2 is 1.83 bits per heavy atom. The fourth-order valence-electron chi connectivity index (χ4n) is 3.44. The van der Waals surface area contributed by atoms with E-state index in [2.05, 4.69) is 10.1 Å². The van der Waals surface area contributed by atoms with Crippen molar-refractivity contribution in [1.29, 1.82) is 0 Å². The molecule has 0 unspecified atom stereocenters. The van der Waals surface area contributed by atoms with Crippen LogP contribution in [0.2, 0.25) is 0 Å².